The van der Waals surface area contributed by atoms with Gasteiger partial charge >= 0.3 is 6.09 Å². The highest BCUT2D eigenvalue weighted by Gasteiger charge is 2.28. The zero-order chi connectivity index (χ0) is 17.5. The quantitative estimate of drug-likeness (QED) is 0.236. The van der Waals surface area contributed by atoms with E-state index in [9.17, 15) is 4.79 Å². The van der Waals surface area contributed by atoms with Crippen LogP contribution in [-0.2, 0) is 4.74 Å². The molecule has 7 nitrogen and oxygen atoms in total. The van der Waals surface area contributed by atoms with Crippen LogP contribution in [0.4, 0.5) is 4.79 Å². The maximum absolute atomic E-state index is 11.5. The Morgan fingerprint density at radius 1 is 1.25 bits per heavy atom. The fourth-order valence-corrected chi connectivity index (χ4v) is 2.11. The van der Waals surface area contributed by atoms with Gasteiger partial charge < -0.3 is 20.7 Å². The number of rotatable bonds is 7. The van der Waals surface area contributed by atoms with E-state index in [0.29, 0.717) is 19.1 Å². The van der Waals surface area contributed by atoms with Gasteiger partial charge in [-0.2, -0.15) is 0 Å². The van der Waals surface area contributed by atoms with Crippen LogP contribution in [0, 0.1) is 0 Å². The number of amides is 1. The first-order valence-corrected chi connectivity index (χ1v) is 8.36. The van der Waals surface area contributed by atoms with Crippen molar-refractivity contribution in [1.82, 2.24) is 20.9 Å². The molecular weight excluding hydrogens is 421 g/mol. The number of nitrogens with one attached hydrogen (secondary N) is 3. The number of nitrogens with zero attached hydrogens (tertiary/aromatic N) is 2. The van der Waals surface area contributed by atoms with Gasteiger partial charge in [0.15, 0.2) is 5.96 Å². The fourth-order valence-electron chi connectivity index (χ4n) is 2.11. The molecule has 0 spiro atoms. The van der Waals surface area contributed by atoms with Gasteiger partial charge in [0, 0.05) is 38.8 Å². The molecule has 142 valence electrons. The van der Waals surface area contributed by atoms with Gasteiger partial charge in [0.2, 0.25) is 0 Å². The first-order chi connectivity index (χ1) is 10.7. The van der Waals surface area contributed by atoms with E-state index in [2.05, 4.69) is 39.8 Å². The van der Waals surface area contributed by atoms with Gasteiger partial charge in [-0.1, -0.05) is 0 Å². The van der Waals surface area contributed by atoms with Crippen molar-refractivity contribution in [3.05, 3.63) is 0 Å². The van der Waals surface area contributed by atoms with Crippen molar-refractivity contribution in [2.75, 3.05) is 33.7 Å². The van der Waals surface area contributed by atoms with Crippen molar-refractivity contribution in [2.24, 2.45) is 4.99 Å². The monoisotopic (exact) mass is 455 g/mol. The number of guanidine groups is 1. The van der Waals surface area contributed by atoms with E-state index in [4.69, 9.17) is 4.74 Å². The predicted molar refractivity (Wildman–Crippen MR) is 109 cm³/mol. The molecule has 0 aromatic heterocycles. The molecule has 24 heavy (non-hydrogen) atoms. The van der Waals surface area contributed by atoms with E-state index in [1.165, 1.54) is 12.8 Å². The van der Waals surface area contributed by atoms with Gasteiger partial charge in [-0.25, -0.2) is 4.79 Å². The summed E-state index contributed by atoms with van der Waals surface area (Å²) in [7, 11) is 3.91. The van der Waals surface area contributed by atoms with E-state index in [-0.39, 0.29) is 24.0 Å². The summed E-state index contributed by atoms with van der Waals surface area (Å²) in [5.74, 6) is 0.743. The second kappa shape index (κ2) is 11.0. The Bertz CT molecular complexity index is 408. The van der Waals surface area contributed by atoms with Crippen LogP contribution in [0.2, 0.25) is 0 Å². The van der Waals surface area contributed by atoms with E-state index in [0.717, 1.165) is 18.5 Å². The summed E-state index contributed by atoms with van der Waals surface area (Å²) in [5, 5.41) is 9.20. The Kier molecular flexibility index (Phi) is 10.6. The van der Waals surface area contributed by atoms with Crippen molar-refractivity contribution in [3.8, 4) is 0 Å². The number of likely N-dealkylation sites (N-methyl/N-ethyl adjacent to an activating group) is 1. The lowest BCUT2D eigenvalue weighted by Gasteiger charge is -2.25. The minimum Gasteiger partial charge on any atom is -0.444 e. The Morgan fingerprint density at radius 3 is 2.33 bits per heavy atom. The molecular formula is C16H34IN5O2. The smallest absolute Gasteiger partial charge is 0.407 e. The van der Waals surface area contributed by atoms with Crippen LogP contribution in [0.25, 0.3) is 0 Å². The van der Waals surface area contributed by atoms with Gasteiger partial charge in [-0.05, 0) is 47.6 Å². The summed E-state index contributed by atoms with van der Waals surface area (Å²) < 4.78 is 5.18. The van der Waals surface area contributed by atoms with Crippen LogP contribution >= 0.6 is 24.0 Å². The molecule has 0 heterocycles. The van der Waals surface area contributed by atoms with E-state index >= 15 is 0 Å². The zero-order valence-corrected chi connectivity index (χ0v) is 18.1. The molecule has 1 aliphatic carbocycles. The van der Waals surface area contributed by atoms with Gasteiger partial charge in [-0.15, -0.1) is 24.0 Å². The summed E-state index contributed by atoms with van der Waals surface area (Å²) in [5.41, 5.74) is -0.473. The summed E-state index contributed by atoms with van der Waals surface area (Å²) in [6.07, 6.45) is 2.22. The van der Waals surface area contributed by atoms with Crippen molar-refractivity contribution in [3.63, 3.8) is 0 Å². The molecule has 1 unspecified atom stereocenters. The van der Waals surface area contributed by atoms with E-state index < -0.39 is 11.7 Å². The highest BCUT2D eigenvalue weighted by molar-refractivity contribution is 14.0. The van der Waals surface area contributed by atoms with Crippen LogP contribution in [0.1, 0.15) is 40.5 Å². The summed E-state index contributed by atoms with van der Waals surface area (Å²) >= 11 is 0. The van der Waals surface area contributed by atoms with Crippen molar-refractivity contribution in [2.45, 2.75) is 58.2 Å². The van der Waals surface area contributed by atoms with E-state index in [1.54, 1.807) is 7.05 Å². The normalized spacial score (nSPS) is 16.2. The minimum absolute atomic E-state index is 0. The average molecular weight is 455 g/mol. The van der Waals surface area contributed by atoms with Crippen molar-refractivity contribution >= 4 is 36.0 Å². The molecule has 0 aliphatic heterocycles. The molecule has 0 saturated heterocycles. The largest absolute Gasteiger partial charge is 0.444 e. The molecule has 8 heteroatoms. The molecule has 1 saturated carbocycles. The maximum atomic E-state index is 11.5. The number of carbonyl (C=O) groups is 1. The highest BCUT2D eigenvalue weighted by atomic mass is 127. The number of hydrogen-bond acceptors (Lipinski definition) is 4. The predicted octanol–water partition coefficient (Wildman–Crippen LogP) is 1.78. The number of halogens is 1. The van der Waals surface area contributed by atoms with Crippen LogP contribution in [-0.4, -0.2) is 68.4 Å². The van der Waals surface area contributed by atoms with Crippen LogP contribution < -0.4 is 16.0 Å². The molecule has 1 rings (SSSR count). The van der Waals surface area contributed by atoms with Crippen LogP contribution in [0.15, 0.2) is 4.99 Å². The Labute approximate surface area is 163 Å². The molecule has 1 atom stereocenters. The first kappa shape index (κ1) is 23.2. The molecule has 0 bridgehead atoms. The first-order valence-electron chi connectivity index (χ1n) is 8.36. The molecule has 0 aromatic rings. The van der Waals surface area contributed by atoms with Crippen molar-refractivity contribution in [1.29, 1.82) is 0 Å². The lowest BCUT2D eigenvalue weighted by Crippen LogP contribution is -2.47. The molecule has 1 amide bonds. The third-order valence-electron chi connectivity index (χ3n) is 3.69. The second-order valence-corrected chi connectivity index (χ2v) is 7.05. The topological polar surface area (TPSA) is 78.0 Å². The second-order valence-electron chi connectivity index (χ2n) is 7.05. The van der Waals surface area contributed by atoms with Crippen LogP contribution in [0.5, 0.6) is 0 Å². The van der Waals surface area contributed by atoms with Crippen molar-refractivity contribution < 1.29 is 9.53 Å². The molecule has 1 fully saturated rings. The van der Waals surface area contributed by atoms with Gasteiger partial charge in [0.25, 0.3) is 0 Å². The lowest BCUT2D eigenvalue weighted by atomic mass is 10.2. The Morgan fingerprint density at radius 2 is 1.83 bits per heavy atom. The number of carbonyl (C=O) groups excluding carboxylic acids is 1. The SMILES string of the molecule is CN=C(NCCNC(=O)OC(C)(C)C)NCC(C)N(C)C1CC1.I. The zero-order valence-electron chi connectivity index (χ0n) is 15.8. The molecule has 3 N–H and O–H groups in total. The number of hydrogen-bond donors (Lipinski definition) is 3. The number of ether oxygens (including phenoxy) is 1. The Balaban J connectivity index is 0.00000529. The summed E-state index contributed by atoms with van der Waals surface area (Å²) in [6.45, 7) is 9.65. The number of aliphatic imine (C=N–C) groups is 1. The summed E-state index contributed by atoms with van der Waals surface area (Å²) in [4.78, 5) is 18.1. The Hall–Kier alpha value is -0.770. The fraction of sp³-hybridized carbons (Fsp3) is 0.875. The van der Waals surface area contributed by atoms with Gasteiger partial charge in [-0.3, -0.25) is 9.89 Å². The van der Waals surface area contributed by atoms with Crippen LogP contribution in [0.3, 0.4) is 0 Å². The molecule has 1 aliphatic rings. The number of alkyl carbamates (subject to hydrolysis) is 1. The third kappa shape index (κ3) is 10.2. The maximum Gasteiger partial charge on any atom is 0.407 e. The average Bonchev–Trinajstić information content (AvgIpc) is 3.28. The molecule has 0 aromatic carbocycles. The third-order valence-corrected chi connectivity index (χ3v) is 3.69. The van der Waals surface area contributed by atoms with E-state index in [1.807, 2.05) is 20.8 Å². The van der Waals surface area contributed by atoms with Gasteiger partial charge in [0.1, 0.15) is 5.60 Å². The standard InChI is InChI=1S/C16H33N5O2.HI/c1-12(21(6)13-7-8-13)11-20-14(17-5)18-9-10-19-15(22)23-16(2,3)4;/h12-13H,7-11H2,1-6H3,(H,19,22)(H2,17,18,20);1H. The lowest BCUT2D eigenvalue weighted by molar-refractivity contribution is 0.0529. The minimum atomic E-state index is -0.473. The summed E-state index contributed by atoms with van der Waals surface area (Å²) in [6, 6.07) is 1.21. The van der Waals surface area contributed by atoms with Gasteiger partial charge in [0.05, 0.1) is 0 Å². The highest BCUT2D eigenvalue weighted by Crippen LogP contribution is 2.26. The molecule has 0 radical (unpaired) electrons.